The molecule has 28 heavy (non-hydrogen) atoms. The highest BCUT2D eigenvalue weighted by atomic mass is 16.7. The van der Waals surface area contributed by atoms with E-state index < -0.39 is 34.6 Å². The number of allylic oxidation sites excluding steroid dienone is 1. The Labute approximate surface area is 164 Å². The summed E-state index contributed by atoms with van der Waals surface area (Å²) in [6, 6.07) is 0. The van der Waals surface area contributed by atoms with E-state index in [1.807, 2.05) is 13.8 Å². The summed E-state index contributed by atoms with van der Waals surface area (Å²) in [7, 11) is 1.28. The van der Waals surface area contributed by atoms with Crippen LogP contribution >= 0.6 is 0 Å². The van der Waals surface area contributed by atoms with Crippen LogP contribution in [0.1, 0.15) is 52.4 Å². The summed E-state index contributed by atoms with van der Waals surface area (Å²) in [5.74, 6) is -2.78. The Morgan fingerprint density at radius 2 is 1.86 bits per heavy atom. The smallest absolute Gasteiger partial charge is 0.311 e. The lowest BCUT2D eigenvalue weighted by Crippen LogP contribution is -2.54. The molecule has 1 saturated heterocycles. The van der Waals surface area contributed by atoms with E-state index in [9.17, 15) is 19.5 Å². The molecule has 0 radical (unpaired) electrons. The molecule has 0 bridgehead atoms. The molecule has 4 atom stereocenters. The van der Waals surface area contributed by atoms with Crippen molar-refractivity contribution >= 4 is 17.5 Å². The van der Waals surface area contributed by atoms with Crippen molar-refractivity contribution in [2.75, 3.05) is 20.3 Å². The molecule has 7 heteroatoms. The second kappa shape index (κ2) is 6.47. The minimum Gasteiger partial charge on any atom is -0.469 e. The predicted molar refractivity (Wildman–Crippen MR) is 97.1 cm³/mol. The van der Waals surface area contributed by atoms with Gasteiger partial charge in [-0.15, -0.1) is 0 Å². The number of methoxy groups -OCH3 is 1. The van der Waals surface area contributed by atoms with Gasteiger partial charge < -0.3 is 19.3 Å². The molecule has 0 aromatic heterocycles. The highest BCUT2D eigenvalue weighted by Gasteiger charge is 2.63. The summed E-state index contributed by atoms with van der Waals surface area (Å²) in [5.41, 5.74) is -0.873. The number of carbonyl (C=O) groups is 3. The van der Waals surface area contributed by atoms with Gasteiger partial charge in [0, 0.05) is 30.6 Å². The lowest BCUT2D eigenvalue weighted by molar-refractivity contribution is -0.178. The third-order valence-electron chi connectivity index (χ3n) is 7.44. The number of Topliss-reactive ketones (excluding diaryl/α,β-unsaturated/α-hetero) is 2. The number of esters is 1. The third kappa shape index (κ3) is 2.70. The molecule has 2 fully saturated rings. The normalized spacial score (nSPS) is 39.3. The molecular formula is C21H28O7. The summed E-state index contributed by atoms with van der Waals surface area (Å²) in [5, 5.41) is 11.8. The fourth-order valence-corrected chi connectivity index (χ4v) is 5.71. The number of hydrogen-bond donors (Lipinski definition) is 1. The topological polar surface area (TPSA) is 99.1 Å². The van der Waals surface area contributed by atoms with Crippen molar-refractivity contribution in [1.82, 2.24) is 0 Å². The van der Waals surface area contributed by atoms with Gasteiger partial charge in [0.1, 0.15) is 5.78 Å². The van der Waals surface area contributed by atoms with Crippen LogP contribution in [0.25, 0.3) is 0 Å². The summed E-state index contributed by atoms with van der Waals surface area (Å²) in [6.07, 6.45) is 1.65. The van der Waals surface area contributed by atoms with Crippen LogP contribution in [-0.4, -0.2) is 54.4 Å². The lowest BCUT2D eigenvalue weighted by atomic mass is 9.58. The van der Waals surface area contributed by atoms with Gasteiger partial charge in [-0.3, -0.25) is 14.4 Å². The zero-order valence-corrected chi connectivity index (χ0v) is 16.7. The van der Waals surface area contributed by atoms with E-state index in [4.69, 9.17) is 14.2 Å². The second-order valence-corrected chi connectivity index (χ2v) is 8.93. The molecule has 1 aliphatic heterocycles. The number of rotatable bonds is 4. The number of carbonyl (C=O) groups excluding carboxylic acids is 3. The van der Waals surface area contributed by atoms with Gasteiger partial charge in [0.15, 0.2) is 11.6 Å². The first-order valence-electron chi connectivity index (χ1n) is 10.0. The zero-order valence-electron chi connectivity index (χ0n) is 16.7. The van der Waals surface area contributed by atoms with Crippen LogP contribution in [0.5, 0.6) is 0 Å². The number of hydrogen-bond acceptors (Lipinski definition) is 7. The van der Waals surface area contributed by atoms with E-state index in [-0.39, 0.29) is 30.8 Å². The summed E-state index contributed by atoms with van der Waals surface area (Å²) >= 11 is 0. The average molecular weight is 392 g/mol. The lowest BCUT2D eigenvalue weighted by Gasteiger charge is -2.48. The molecule has 0 spiro atoms. The van der Waals surface area contributed by atoms with E-state index in [0.29, 0.717) is 38.0 Å². The Balaban J connectivity index is 1.76. The molecule has 4 rings (SSSR count). The van der Waals surface area contributed by atoms with Crippen LogP contribution in [0.4, 0.5) is 0 Å². The van der Waals surface area contributed by atoms with E-state index >= 15 is 0 Å². The summed E-state index contributed by atoms with van der Waals surface area (Å²) in [6.45, 7) is 4.66. The maximum absolute atomic E-state index is 12.9. The van der Waals surface area contributed by atoms with Crippen LogP contribution in [0.15, 0.2) is 11.1 Å². The van der Waals surface area contributed by atoms with Gasteiger partial charge in [-0.2, -0.15) is 0 Å². The molecule has 0 aromatic carbocycles. The molecule has 3 aliphatic carbocycles. The van der Waals surface area contributed by atoms with Crippen LogP contribution in [0, 0.1) is 17.3 Å². The van der Waals surface area contributed by atoms with Crippen molar-refractivity contribution in [3.05, 3.63) is 11.1 Å². The molecule has 7 nitrogen and oxygen atoms in total. The molecule has 1 unspecified atom stereocenters. The fraction of sp³-hybridized carbons (Fsp3) is 0.762. The van der Waals surface area contributed by atoms with Crippen molar-refractivity contribution in [1.29, 1.82) is 0 Å². The Bertz CT molecular complexity index is 763. The summed E-state index contributed by atoms with van der Waals surface area (Å²) < 4.78 is 16.3. The molecule has 0 amide bonds. The standard InChI is InChI=1S/C21H28O7/c1-19-5-4-15(22)12-10-14(18(24)26-3)21(25,13(17(12)19)11-16(19)23)7-6-20(2)27-8-9-28-20/h13-14,25H,4-11H2,1-3H3/t13?,14-,19+,21-/m0/s1. The number of aliphatic hydroxyl groups is 1. The maximum Gasteiger partial charge on any atom is 0.311 e. The first-order chi connectivity index (χ1) is 13.1. The molecule has 154 valence electrons. The van der Waals surface area contributed by atoms with Crippen molar-refractivity contribution in [3.63, 3.8) is 0 Å². The van der Waals surface area contributed by atoms with Gasteiger partial charge in [0.25, 0.3) is 0 Å². The maximum atomic E-state index is 12.9. The highest BCUT2D eigenvalue weighted by Crippen LogP contribution is 2.60. The molecule has 1 heterocycles. The molecule has 1 N–H and O–H groups in total. The molecule has 4 aliphatic rings. The minimum absolute atomic E-state index is 0.0162. The van der Waals surface area contributed by atoms with Gasteiger partial charge in [-0.05, 0) is 44.3 Å². The van der Waals surface area contributed by atoms with Crippen molar-refractivity contribution < 1.29 is 33.7 Å². The van der Waals surface area contributed by atoms with Crippen molar-refractivity contribution in [2.45, 2.75) is 63.8 Å². The predicted octanol–water partition coefficient (Wildman–Crippen LogP) is 1.71. The van der Waals surface area contributed by atoms with Gasteiger partial charge in [-0.1, -0.05) is 0 Å². The van der Waals surface area contributed by atoms with Crippen LogP contribution < -0.4 is 0 Å². The Kier molecular flexibility index (Phi) is 4.56. The molecule has 1 saturated carbocycles. The number of ether oxygens (including phenoxy) is 3. The van der Waals surface area contributed by atoms with Crippen LogP contribution in [-0.2, 0) is 28.6 Å². The quantitative estimate of drug-likeness (QED) is 0.727. The Morgan fingerprint density at radius 1 is 1.18 bits per heavy atom. The van der Waals surface area contributed by atoms with E-state index in [1.165, 1.54) is 7.11 Å². The largest absolute Gasteiger partial charge is 0.469 e. The van der Waals surface area contributed by atoms with Crippen molar-refractivity contribution in [2.24, 2.45) is 17.3 Å². The first-order valence-corrected chi connectivity index (χ1v) is 10.0. The SMILES string of the molecule is COC(=O)[C@@H]1CC2=C3C(CC(=O)[C@@]3(C)CCC2=O)[C@@]1(O)CCC1(C)OCCO1. The third-order valence-corrected chi connectivity index (χ3v) is 7.44. The van der Waals surface area contributed by atoms with Crippen LogP contribution in [0.3, 0.4) is 0 Å². The van der Waals surface area contributed by atoms with Gasteiger partial charge >= 0.3 is 5.97 Å². The van der Waals surface area contributed by atoms with Crippen molar-refractivity contribution in [3.8, 4) is 0 Å². The highest BCUT2D eigenvalue weighted by molar-refractivity contribution is 6.04. The average Bonchev–Trinajstić information content (AvgIpc) is 3.22. The van der Waals surface area contributed by atoms with Gasteiger partial charge in [-0.25, -0.2) is 0 Å². The molecular weight excluding hydrogens is 364 g/mol. The van der Waals surface area contributed by atoms with Gasteiger partial charge in [0.05, 0.1) is 31.8 Å². The van der Waals surface area contributed by atoms with E-state index in [0.717, 1.165) is 5.57 Å². The van der Waals surface area contributed by atoms with Crippen LogP contribution in [0.2, 0.25) is 0 Å². The van der Waals surface area contributed by atoms with E-state index in [2.05, 4.69) is 0 Å². The monoisotopic (exact) mass is 392 g/mol. The van der Waals surface area contributed by atoms with E-state index in [1.54, 1.807) is 0 Å². The fourth-order valence-electron chi connectivity index (χ4n) is 5.71. The Hall–Kier alpha value is -1.57. The molecule has 0 aromatic rings. The minimum atomic E-state index is -1.48. The van der Waals surface area contributed by atoms with Gasteiger partial charge in [0.2, 0.25) is 0 Å². The Morgan fingerprint density at radius 3 is 2.50 bits per heavy atom. The second-order valence-electron chi connectivity index (χ2n) is 8.93. The zero-order chi connectivity index (χ0) is 20.3. The first kappa shape index (κ1) is 19.7. The summed E-state index contributed by atoms with van der Waals surface area (Å²) in [4.78, 5) is 38.2. The number of ketones is 2.